The van der Waals surface area contributed by atoms with E-state index in [0.29, 0.717) is 12.4 Å². The van der Waals surface area contributed by atoms with Crippen molar-refractivity contribution in [2.24, 2.45) is 0 Å². The van der Waals surface area contributed by atoms with Gasteiger partial charge >= 0.3 is 7.60 Å². The summed E-state index contributed by atoms with van der Waals surface area (Å²) in [6.45, 7) is 5.97. The zero-order valence-corrected chi connectivity index (χ0v) is 14.3. The summed E-state index contributed by atoms with van der Waals surface area (Å²) in [6, 6.07) is 16.7. The highest BCUT2D eigenvalue weighted by Gasteiger charge is 2.27. The van der Waals surface area contributed by atoms with Crippen LogP contribution in [0.3, 0.4) is 0 Å². The first-order chi connectivity index (χ1) is 11.1. The average Bonchev–Trinajstić information content (AvgIpc) is 2.55. The van der Waals surface area contributed by atoms with E-state index in [1.165, 1.54) is 0 Å². The molecule has 0 fully saturated rings. The monoisotopic (exact) mass is 332 g/mol. The molecule has 1 unspecified atom stereocenters. The van der Waals surface area contributed by atoms with Crippen LogP contribution < -0.4 is 4.74 Å². The summed E-state index contributed by atoms with van der Waals surface area (Å²) in [5.74, 6) is 1.05. The van der Waals surface area contributed by atoms with Crippen LogP contribution in [-0.2, 0) is 19.8 Å². The molecule has 0 radical (unpaired) electrons. The first-order valence-electron chi connectivity index (χ1n) is 7.37. The lowest BCUT2D eigenvalue weighted by atomic mass is 10.2. The Labute approximate surface area is 137 Å². The normalized spacial score (nSPS) is 13.1. The maximum absolute atomic E-state index is 13.0. The van der Waals surface area contributed by atoms with Crippen LogP contribution in [0.25, 0.3) is 5.76 Å². The van der Waals surface area contributed by atoms with Crippen LogP contribution in [-0.4, -0.2) is 13.7 Å². The first-order valence-corrected chi connectivity index (χ1v) is 9.09. The zero-order chi connectivity index (χ0) is 16.7. The fourth-order valence-electron chi connectivity index (χ4n) is 2.11. The molecule has 0 aliphatic rings. The van der Waals surface area contributed by atoms with Crippen LogP contribution in [0, 0.1) is 0 Å². The van der Waals surface area contributed by atoms with Gasteiger partial charge in [0, 0.05) is 5.56 Å². The quantitative estimate of drug-likeness (QED) is 0.497. The van der Waals surface area contributed by atoms with Crippen LogP contribution in [0.5, 0.6) is 5.75 Å². The molecule has 122 valence electrons. The number of hydrogen-bond acceptors (Lipinski definition) is 4. The number of benzene rings is 2. The molecular formula is C18H21O4P. The highest BCUT2D eigenvalue weighted by Crippen LogP contribution is 2.54. The van der Waals surface area contributed by atoms with Crippen LogP contribution in [0.15, 0.2) is 61.2 Å². The smallest absolute Gasteiger partial charge is 0.383 e. The van der Waals surface area contributed by atoms with Crippen LogP contribution in [0.2, 0.25) is 0 Å². The Morgan fingerprint density at radius 3 is 2.30 bits per heavy atom. The second-order valence-corrected chi connectivity index (χ2v) is 6.89. The van der Waals surface area contributed by atoms with E-state index >= 15 is 0 Å². The molecule has 0 saturated heterocycles. The summed E-state index contributed by atoms with van der Waals surface area (Å²) in [5.41, 5.74) is 1.63. The zero-order valence-electron chi connectivity index (χ0n) is 13.4. The third-order valence-electron chi connectivity index (χ3n) is 3.21. The van der Waals surface area contributed by atoms with E-state index in [2.05, 4.69) is 6.58 Å². The summed E-state index contributed by atoms with van der Waals surface area (Å²) in [4.78, 5) is 0. The van der Waals surface area contributed by atoms with Crippen molar-refractivity contribution in [2.75, 3.05) is 13.7 Å². The standard InChI is InChI=1S/C18H21O4P/c1-4-21-23(19,14-16-8-6-5-7-9-16)22-15(2)17-10-12-18(20-3)13-11-17/h5-13H,2,4,14H2,1,3H3. The molecule has 0 heterocycles. The molecule has 0 saturated carbocycles. The minimum atomic E-state index is -3.31. The molecule has 0 aliphatic heterocycles. The molecular weight excluding hydrogens is 311 g/mol. The topological polar surface area (TPSA) is 44.8 Å². The van der Waals surface area contributed by atoms with E-state index in [1.54, 1.807) is 38.3 Å². The van der Waals surface area contributed by atoms with Gasteiger partial charge in [0.15, 0.2) is 0 Å². The molecule has 2 rings (SSSR count). The first kappa shape index (κ1) is 17.3. The molecule has 23 heavy (non-hydrogen) atoms. The van der Waals surface area contributed by atoms with Crippen LogP contribution >= 0.6 is 7.60 Å². The van der Waals surface area contributed by atoms with Gasteiger partial charge in [0.1, 0.15) is 11.5 Å². The van der Waals surface area contributed by atoms with E-state index in [0.717, 1.165) is 16.9 Å². The summed E-state index contributed by atoms with van der Waals surface area (Å²) < 4.78 is 29.1. The molecule has 2 aromatic rings. The van der Waals surface area contributed by atoms with Gasteiger partial charge in [0.2, 0.25) is 0 Å². The fourth-order valence-corrected chi connectivity index (χ4v) is 3.81. The highest BCUT2D eigenvalue weighted by molar-refractivity contribution is 7.53. The summed E-state index contributed by atoms with van der Waals surface area (Å²) in [7, 11) is -1.71. The molecule has 0 aromatic heterocycles. The van der Waals surface area contributed by atoms with Gasteiger partial charge in [-0.1, -0.05) is 36.9 Å². The van der Waals surface area contributed by atoms with Gasteiger partial charge in [-0.15, -0.1) is 0 Å². The van der Waals surface area contributed by atoms with Gasteiger partial charge in [-0.2, -0.15) is 0 Å². The maximum atomic E-state index is 13.0. The van der Waals surface area contributed by atoms with E-state index in [-0.39, 0.29) is 6.16 Å². The summed E-state index contributed by atoms with van der Waals surface area (Å²) in [6.07, 6.45) is 0.205. The Bertz CT molecular complexity index is 680. The van der Waals surface area contributed by atoms with Gasteiger partial charge in [0.05, 0.1) is 19.9 Å². The predicted molar refractivity (Wildman–Crippen MR) is 92.5 cm³/mol. The van der Waals surface area contributed by atoms with Crippen molar-refractivity contribution < 1.29 is 18.3 Å². The van der Waals surface area contributed by atoms with Gasteiger partial charge in [-0.3, -0.25) is 4.52 Å². The van der Waals surface area contributed by atoms with E-state index in [4.69, 9.17) is 13.8 Å². The largest absolute Gasteiger partial charge is 0.497 e. The van der Waals surface area contributed by atoms with Crippen LogP contribution in [0.4, 0.5) is 0 Å². The van der Waals surface area contributed by atoms with Gasteiger partial charge in [0.25, 0.3) is 0 Å². The lowest BCUT2D eigenvalue weighted by molar-refractivity contribution is 0.268. The highest BCUT2D eigenvalue weighted by atomic mass is 31.2. The molecule has 0 N–H and O–H groups in total. The van der Waals surface area contributed by atoms with Crippen molar-refractivity contribution in [3.05, 3.63) is 72.3 Å². The average molecular weight is 332 g/mol. The van der Waals surface area contributed by atoms with E-state index < -0.39 is 7.60 Å². The van der Waals surface area contributed by atoms with Crippen LogP contribution in [0.1, 0.15) is 18.1 Å². The SMILES string of the molecule is C=C(OP(=O)(Cc1ccccc1)OCC)c1ccc(OC)cc1. The van der Waals surface area contributed by atoms with Gasteiger partial charge in [-0.05, 0) is 36.8 Å². The van der Waals surface area contributed by atoms with Gasteiger partial charge < -0.3 is 9.26 Å². The Kier molecular flexibility index (Phi) is 6.03. The second-order valence-electron chi connectivity index (χ2n) is 4.92. The number of ether oxygens (including phenoxy) is 1. The number of methoxy groups -OCH3 is 1. The van der Waals surface area contributed by atoms with Crippen molar-refractivity contribution in [3.8, 4) is 5.75 Å². The Hall–Kier alpha value is -2.03. The van der Waals surface area contributed by atoms with Crippen molar-refractivity contribution in [1.29, 1.82) is 0 Å². The lowest BCUT2D eigenvalue weighted by Crippen LogP contribution is -1.99. The van der Waals surface area contributed by atoms with E-state index in [1.807, 2.05) is 30.3 Å². The Morgan fingerprint density at radius 2 is 1.74 bits per heavy atom. The minimum Gasteiger partial charge on any atom is -0.497 e. The third-order valence-corrected chi connectivity index (χ3v) is 5.11. The number of rotatable bonds is 8. The van der Waals surface area contributed by atoms with Crippen molar-refractivity contribution in [1.82, 2.24) is 0 Å². The molecule has 5 heteroatoms. The third kappa shape index (κ3) is 4.98. The summed E-state index contributed by atoms with van der Waals surface area (Å²) >= 11 is 0. The Morgan fingerprint density at radius 1 is 1.09 bits per heavy atom. The van der Waals surface area contributed by atoms with Gasteiger partial charge in [-0.25, -0.2) is 4.57 Å². The lowest BCUT2D eigenvalue weighted by Gasteiger charge is -2.20. The minimum absolute atomic E-state index is 0.205. The molecule has 2 aromatic carbocycles. The Balaban J connectivity index is 2.13. The summed E-state index contributed by atoms with van der Waals surface area (Å²) in [5, 5.41) is 0. The van der Waals surface area contributed by atoms with Crippen molar-refractivity contribution in [2.45, 2.75) is 13.1 Å². The molecule has 0 spiro atoms. The maximum Gasteiger partial charge on any atom is 0.383 e. The molecule has 4 nitrogen and oxygen atoms in total. The molecule has 0 amide bonds. The van der Waals surface area contributed by atoms with Crippen molar-refractivity contribution in [3.63, 3.8) is 0 Å². The number of hydrogen-bond donors (Lipinski definition) is 0. The molecule has 1 atom stereocenters. The van der Waals surface area contributed by atoms with Crippen molar-refractivity contribution >= 4 is 13.4 Å². The molecule has 0 aliphatic carbocycles. The molecule has 0 bridgehead atoms. The van der Waals surface area contributed by atoms with E-state index in [9.17, 15) is 4.57 Å². The predicted octanol–water partition coefficient (Wildman–Crippen LogP) is 5.11. The fraction of sp³-hybridized carbons (Fsp3) is 0.222. The second kappa shape index (κ2) is 8.00.